The van der Waals surface area contributed by atoms with Gasteiger partial charge in [-0.2, -0.15) is 0 Å². The van der Waals surface area contributed by atoms with E-state index in [4.69, 9.17) is 14.5 Å². The molecule has 32 heavy (non-hydrogen) atoms. The minimum absolute atomic E-state index is 0.0436. The minimum Gasteiger partial charge on any atom is -0.497 e. The van der Waals surface area contributed by atoms with Crippen LogP contribution in [0.3, 0.4) is 0 Å². The van der Waals surface area contributed by atoms with Crippen molar-refractivity contribution in [3.05, 3.63) is 47.5 Å². The average molecular weight is 454 g/mol. The van der Waals surface area contributed by atoms with Gasteiger partial charge in [-0.15, -0.1) is 0 Å². The predicted octanol–water partition coefficient (Wildman–Crippen LogP) is 4.44. The van der Waals surface area contributed by atoms with Gasteiger partial charge in [0, 0.05) is 18.5 Å². The van der Waals surface area contributed by atoms with Gasteiger partial charge in [0.25, 0.3) is 0 Å². The van der Waals surface area contributed by atoms with Gasteiger partial charge in [-0.3, -0.25) is 14.5 Å². The molecule has 2 aromatic carbocycles. The van der Waals surface area contributed by atoms with E-state index in [-0.39, 0.29) is 24.3 Å². The van der Waals surface area contributed by atoms with Crippen molar-refractivity contribution in [1.29, 1.82) is 0 Å². The molecule has 1 aliphatic carbocycles. The van der Waals surface area contributed by atoms with E-state index in [2.05, 4.69) is 11.4 Å². The standard InChI is InChI=1S/C24H27N3O4S/c1-14-5-9-18(15(2)11-14)26-24-27(16-6-7-16)23(29)21(32-24)13-22(28)25-19-10-8-17(30-3)12-20(19)31-4/h5,8-12,16,21H,6-7,13H2,1-4H3,(H,25,28). The Labute approximate surface area is 192 Å². The number of thioether (sulfide) groups is 1. The van der Waals surface area contributed by atoms with E-state index in [1.807, 2.05) is 26.0 Å². The Morgan fingerprint density at radius 3 is 2.59 bits per heavy atom. The maximum atomic E-state index is 13.1. The van der Waals surface area contributed by atoms with E-state index in [1.54, 1.807) is 30.2 Å². The van der Waals surface area contributed by atoms with Crippen LogP contribution in [0.15, 0.2) is 41.4 Å². The molecule has 7 nitrogen and oxygen atoms in total. The zero-order chi connectivity index (χ0) is 22.8. The highest BCUT2D eigenvalue weighted by Crippen LogP contribution is 2.40. The number of ether oxygens (including phenoxy) is 2. The van der Waals surface area contributed by atoms with Crippen molar-refractivity contribution in [1.82, 2.24) is 4.90 Å². The topological polar surface area (TPSA) is 80.2 Å². The zero-order valence-electron chi connectivity index (χ0n) is 18.7. The van der Waals surface area contributed by atoms with Crippen LogP contribution in [0.4, 0.5) is 11.4 Å². The minimum atomic E-state index is -0.496. The lowest BCUT2D eigenvalue weighted by molar-refractivity contribution is -0.128. The van der Waals surface area contributed by atoms with Gasteiger partial charge < -0.3 is 14.8 Å². The van der Waals surface area contributed by atoms with E-state index in [0.717, 1.165) is 24.1 Å². The largest absolute Gasteiger partial charge is 0.497 e. The summed E-state index contributed by atoms with van der Waals surface area (Å²) in [5.74, 6) is 0.842. The second-order valence-electron chi connectivity index (χ2n) is 8.05. The number of aryl methyl sites for hydroxylation is 2. The van der Waals surface area contributed by atoms with Gasteiger partial charge in [0.15, 0.2) is 5.17 Å². The quantitative estimate of drug-likeness (QED) is 0.670. The molecular formula is C24H27N3O4S. The first-order valence-electron chi connectivity index (χ1n) is 10.6. The van der Waals surface area contributed by atoms with E-state index in [9.17, 15) is 9.59 Å². The normalized spacial score (nSPS) is 19.4. The molecule has 2 fully saturated rings. The maximum Gasteiger partial charge on any atom is 0.242 e. The number of amides is 2. The molecule has 1 unspecified atom stereocenters. The van der Waals surface area contributed by atoms with Gasteiger partial charge in [0.05, 0.1) is 25.6 Å². The molecule has 1 heterocycles. The summed E-state index contributed by atoms with van der Waals surface area (Å²) in [7, 11) is 3.10. The van der Waals surface area contributed by atoms with Crippen LogP contribution in [0.25, 0.3) is 0 Å². The summed E-state index contributed by atoms with van der Waals surface area (Å²) in [5.41, 5.74) is 3.62. The van der Waals surface area contributed by atoms with Gasteiger partial charge in [0.2, 0.25) is 11.8 Å². The third kappa shape index (κ3) is 4.75. The summed E-state index contributed by atoms with van der Waals surface area (Å²) in [4.78, 5) is 32.5. The Kier molecular flexibility index (Phi) is 6.41. The Hall–Kier alpha value is -3.00. The van der Waals surface area contributed by atoms with E-state index in [0.29, 0.717) is 22.4 Å². The molecule has 2 aromatic rings. The molecule has 0 spiro atoms. The van der Waals surface area contributed by atoms with Gasteiger partial charge in [-0.25, -0.2) is 4.99 Å². The molecule has 1 N–H and O–H groups in total. The summed E-state index contributed by atoms with van der Waals surface area (Å²) in [6.45, 7) is 4.06. The van der Waals surface area contributed by atoms with Crippen LogP contribution in [-0.2, 0) is 9.59 Å². The molecule has 1 aliphatic heterocycles. The van der Waals surface area contributed by atoms with Crippen molar-refractivity contribution in [2.45, 2.75) is 44.4 Å². The van der Waals surface area contributed by atoms with E-state index in [1.165, 1.54) is 24.4 Å². The highest BCUT2D eigenvalue weighted by molar-refractivity contribution is 8.15. The second kappa shape index (κ2) is 9.24. The summed E-state index contributed by atoms with van der Waals surface area (Å²) in [5, 5.41) is 3.04. The van der Waals surface area contributed by atoms with Crippen molar-refractivity contribution in [3.8, 4) is 11.5 Å². The number of amidine groups is 1. The average Bonchev–Trinajstić information content (AvgIpc) is 3.55. The number of hydrogen-bond acceptors (Lipinski definition) is 6. The molecule has 1 saturated heterocycles. The van der Waals surface area contributed by atoms with Crippen molar-refractivity contribution < 1.29 is 19.1 Å². The van der Waals surface area contributed by atoms with Crippen LogP contribution in [0.5, 0.6) is 11.5 Å². The molecule has 0 radical (unpaired) electrons. The fraction of sp³-hybridized carbons (Fsp3) is 0.375. The van der Waals surface area contributed by atoms with Crippen LogP contribution in [0.1, 0.15) is 30.4 Å². The molecule has 0 bridgehead atoms. The number of methoxy groups -OCH3 is 2. The number of aliphatic imine (C=N–C) groups is 1. The first kappa shape index (κ1) is 22.2. The SMILES string of the molecule is COc1ccc(NC(=O)CC2SC(=Nc3ccc(C)cc3C)N(C3CC3)C2=O)c(OC)c1. The molecule has 8 heteroatoms. The van der Waals surface area contributed by atoms with Gasteiger partial charge in [-0.1, -0.05) is 29.5 Å². The third-order valence-electron chi connectivity index (χ3n) is 5.50. The van der Waals surface area contributed by atoms with Gasteiger partial charge in [0.1, 0.15) is 16.7 Å². The molecular weight excluding hydrogens is 426 g/mol. The van der Waals surface area contributed by atoms with Crippen LogP contribution >= 0.6 is 11.8 Å². The lowest BCUT2D eigenvalue weighted by Gasteiger charge is -2.16. The Bertz CT molecular complexity index is 1080. The van der Waals surface area contributed by atoms with Crippen molar-refractivity contribution in [2.24, 2.45) is 4.99 Å². The number of nitrogens with zero attached hydrogens (tertiary/aromatic N) is 2. The molecule has 2 amide bonds. The monoisotopic (exact) mass is 453 g/mol. The van der Waals surface area contributed by atoms with Crippen LogP contribution in [0.2, 0.25) is 0 Å². The van der Waals surface area contributed by atoms with Crippen LogP contribution in [0, 0.1) is 13.8 Å². The highest BCUT2D eigenvalue weighted by atomic mass is 32.2. The zero-order valence-corrected chi connectivity index (χ0v) is 19.5. The number of carbonyl (C=O) groups excluding carboxylic acids is 2. The molecule has 1 atom stereocenters. The molecule has 4 rings (SSSR count). The third-order valence-corrected chi connectivity index (χ3v) is 6.65. The van der Waals surface area contributed by atoms with Gasteiger partial charge >= 0.3 is 0 Å². The Morgan fingerprint density at radius 1 is 1.16 bits per heavy atom. The summed E-state index contributed by atoms with van der Waals surface area (Å²) < 4.78 is 10.5. The molecule has 1 saturated carbocycles. The Morgan fingerprint density at radius 2 is 1.94 bits per heavy atom. The number of rotatable bonds is 7. The van der Waals surface area contributed by atoms with E-state index >= 15 is 0 Å². The fourth-order valence-electron chi connectivity index (χ4n) is 3.67. The van der Waals surface area contributed by atoms with Crippen molar-refractivity contribution >= 4 is 40.1 Å². The lowest BCUT2D eigenvalue weighted by atomic mass is 10.1. The van der Waals surface area contributed by atoms with Crippen LogP contribution < -0.4 is 14.8 Å². The first-order valence-corrected chi connectivity index (χ1v) is 11.4. The molecule has 168 valence electrons. The number of carbonyl (C=O) groups is 2. The first-order chi connectivity index (χ1) is 15.4. The van der Waals surface area contributed by atoms with Gasteiger partial charge in [-0.05, 0) is 50.5 Å². The Balaban J connectivity index is 1.50. The number of hydrogen-bond donors (Lipinski definition) is 1. The summed E-state index contributed by atoms with van der Waals surface area (Å²) in [6, 6.07) is 11.4. The van der Waals surface area contributed by atoms with Crippen LogP contribution in [-0.4, -0.2) is 47.4 Å². The lowest BCUT2D eigenvalue weighted by Crippen LogP contribution is -2.35. The number of nitrogens with one attached hydrogen (secondary N) is 1. The number of benzene rings is 2. The number of anilines is 1. The second-order valence-corrected chi connectivity index (χ2v) is 9.22. The smallest absolute Gasteiger partial charge is 0.242 e. The molecule has 0 aromatic heterocycles. The fourth-order valence-corrected chi connectivity index (χ4v) is 4.87. The highest BCUT2D eigenvalue weighted by Gasteiger charge is 2.46. The van der Waals surface area contributed by atoms with E-state index < -0.39 is 5.25 Å². The maximum absolute atomic E-state index is 13.1. The molecule has 2 aliphatic rings. The summed E-state index contributed by atoms with van der Waals surface area (Å²) >= 11 is 1.37. The summed E-state index contributed by atoms with van der Waals surface area (Å²) in [6.07, 6.45) is 2.01. The van der Waals surface area contributed by atoms with Crippen molar-refractivity contribution in [2.75, 3.05) is 19.5 Å². The predicted molar refractivity (Wildman–Crippen MR) is 127 cm³/mol. The van der Waals surface area contributed by atoms with Crippen molar-refractivity contribution in [3.63, 3.8) is 0 Å².